The molecule has 0 aliphatic carbocycles. The molecule has 1 nitrogen and oxygen atoms in total. The number of benzene rings is 2. The average Bonchev–Trinajstić information content (AvgIpc) is 2.49. The predicted molar refractivity (Wildman–Crippen MR) is 89.5 cm³/mol. The number of hydrogen-bond acceptors (Lipinski definition) is 1. The van der Waals surface area contributed by atoms with Gasteiger partial charge in [0.2, 0.25) is 0 Å². The highest BCUT2D eigenvalue weighted by molar-refractivity contribution is 6.91. The van der Waals surface area contributed by atoms with E-state index in [1.165, 1.54) is 10.8 Å². The minimum atomic E-state index is -1.66. The average molecular weight is 282 g/mol. The van der Waals surface area contributed by atoms with Crippen LogP contribution in [0.5, 0.6) is 5.75 Å². The number of hydrogen-bond donors (Lipinski definition) is 0. The van der Waals surface area contributed by atoms with E-state index in [0.29, 0.717) is 5.54 Å². The van der Waals surface area contributed by atoms with Crippen LogP contribution < -0.4 is 9.92 Å². The van der Waals surface area contributed by atoms with Crippen molar-refractivity contribution in [2.75, 3.05) is 7.11 Å². The minimum Gasteiger partial charge on any atom is -0.497 e. The Morgan fingerprint density at radius 1 is 1.05 bits per heavy atom. The summed E-state index contributed by atoms with van der Waals surface area (Å²) in [6.07, 6.45) is 2.09. The van der Waals surface area contributed by atoms with E-state index in [9.17, 15) is 0 Å². The quantitative estimate of drug-likeness (QED) is 0.592. The second-order valence-electron chi connectivity index (χ2n) is 5.58. The van der Waals surface area contributed by atoms with Crippen molar-refractivity contribution in [3.63, 3.8) is 0 Å². The van der Waals surface area contributed by atoms with E-state index in [-0.39, 0.29) is 0 Å². The minimum absolute atomic E-state index is 0.375. The lowest BCUT2D eigenvalue weighted by molar-refractivity contribution is 0.414. The molecule has 20 heavy (non-hydrogen) atoms. The first-order valence-electron chi connectivity index (χ1n) is 6.91. The van der Waals surface area contributed by atoms with Gasteiger partial charge in [0.15, 0.2) is 0 Å². The first kappa shape index (κ1) is 14.6. The zero-order valence-corrected chi connectivity index (χ0v) is 13.5. The molecule has 0 aliphatic heterocycles. The molecular formula is C18H22OSi. The molecule has 0 fully saturated rings. The molecule has 0 aliphatic rings. The normalized spacial score (nSPS) is 12.8. The lowest BCUT2D eigenvalue weighted by Gasteiger charge is -2.31. The molecule has 0 saturated carbocycles. The Hall–Kier alpha value is -1.80. The summed E-state index contributed by atoms with van der Waals surface area (Å²) < 4.78 is 5.35. The molecule has 0 N–H and O–H groups in total. The number of methoxy groups -OCH3 is 1. The van der Waals surface area contributed by atoms with E-state index in [0.717, 1.165) is 5.75 Å². The van der Waals surface area contributed by atoms with Gasteiger partial charge >= 0.3 is 0 Å². The van der Waals surface area contributed by atoms with E-state index in [1.54, 1.807) is 7.11 Å². The van der Waals surface area contributed by atoms with Crippen LogP contribution in [-0.4, -0.2) is 15.2 Å². The maximum absolute atomic E-state index is 5.35. The summed E-state index contributed by atoms with van der Waals surface area (Å²) >= 11 is 0. The van der Waals surface area contributed by atoms with Crippen molar-refractivity contribution in [1.82, 2.24) is 0 Å². The first-order valence-corrected chi connectivity index (χ1v) is 9.99. The fourth-order valence-electron chi connectivity index (χ4n) is 2.73. The fraction of sp³-hybridized carbons (Fsp3) is 0.222. The monoisotopic (exact) mass is 282 g/mol. The molecule has 2 aromatic carbocycles. The Morgan fingerprint density at radius 3 is 2.35 bits per heavy atom. The van der Waals surface area contributed by atoms with Gasteiger partial charge in [-0.25, -0.2) is 0 Å². The molecule has 0 unspecified atom stereocenters. The van der Waals surface area contributed by atoms with Gasteiger partial charge < -0.3 is 4.74 Å². The van der Waals surface area contributed by atoms with Gasteiger partial charge in [-0.05, 0) is 17.7 Å². The maximum atomic E-state index is 5.35. The van der Waals surface area contributed by atoms with Gasteiger partial charge in [-0.15, -0.1) is 6.58 Å². The zero-order chi connectivity index (χ0) is 14.6. The highest BCUT2D eigenvalue weighted by Gasteiger charge is 2.32. The third-order valence-electron chi connectivity index (χ3n) is 3.98. The number of allylic oxidation sites excluding steroid dienone is 1. The van der Waals surface area contributed by atoms with Gasteiger partial charge in [0.1, 0.15) is 5.75 Å². The van der Waals surface area contributed by atoms with Crippen molar-refractivity contribution >= 4 is 13.3 Å². The summed E-state index contributed by atoms with van der Waals surface area (Å²) in [5.41, 5.74) is 1.67. The van der Waals surface area contributed by atoms with Gasteiger partial charge in [0.05, 0.1) is 15.2 Å². The summed E-state index contributed by atoms with van der Waals surface area (Å²) in [6, 6.07) is 19.1. The van der Waals surface area contributed by atoms with E-state index in [4.69, 9.17) is 4.74 Å². The van der Waals surface area contributed by atoms with E-state index < -0.39 is 8.07 Å². The lowest BCUT2D eigenvalue weighted by Crippen LogP contribution is -2.46. The molecule has 0 heterocycles. The van der Waals surface area contributed by atoms with Crippen LogP contribution in [-0.2, 0) is 0 Å². The second kappa shape index (κ2) is 6.10. The number of ether oxygens (including phenoxy) is 1. The highest BCUT2D eigenvalue weighted by atomic mass is 28.3. The maximum Gasteiger partial charge on any atom is 0.119 e. The second-order valence-corrected chi connectivity index (χ2v) is 10.2. The lowest BCUT2D eigenvalue weighted by atomic mass is 10.1. The van der Waals surface area contributed by atoms with Crippen molar-refractivity contribution in [1.29, 1.82) is 0 Å². The summed E-state index contributed by atoms with van der Waals surface area (Å²) in [4.78, 5) is 0. The highest BCUT2D eigenvalue weighted by Crippen LogP contribution is 2.30. The Balaban J connectivity index is 2.43. The van der Waals surface area contributed by atoms with E-state index in [1.807, 2.05) is 6.07 Å². The molecule has 2 aromatic rings. The molecule has 2 heteroatoms. The molecule has 0 saturated heterocycles. The Labute approximate surface area is 122 Å². The summed E-state index contributed by atoms with van der Waals surface area (Å²) in [5.74, 6) is 0.909. The Kier molecular flexibility index (Phi) is 4.45. The van der Waals surface area contributed by atoms with Gasteiger partial charge in [-0.2, -0.15) is 0 Å². The third-order valence-corrected chi connectivity index (χ3v) is 7.93. The Bertz CT molecular complexity index is 575. The summed E-state index contributed by atoms with van der Waals surface area (Å²) in [6.45, 7) is 8.87. The van der Waals surface area contributed by atoms with Crippen LogP contribution in [0.3, 0.4) is 0 Å². The molecule has 0 bridgehead atoms. The predicted octanol–water partition coefficient (Wildman–Crippen LogP) is 4.12. The molecule has 1 atom stereocenters. The summed E-state index contributed by atoms with van der Waals surface area (Å²) in [5, 5.41) is 1.45. The Morgan fingerprint density at radius 2 is 1.75 bits per heavy atom. The number of rotatable bonds is 5. The van der Waals surface area contributed by atoms with Crippen molar-refractivity contribution < 1.29 is 4.74 Å². The van der Waals surface area contributed by atoms with Crippen LogP contribution in [0.25, 0.3) is 0 Å². The van der Waals surface area contributed by atoms with Crippen molar-refractivity contribution in [3.05, 3.63) is 72.8 Å². The topological polar surface area (TPSA) is 9.23 Å². The molecule has 0 aromatic heterocycles. The van der Waals surface area contributed by atoms with Crippen LogP contribution in [0.1, 0.15) is 11.1 Å². The first-order chi connectivity index (χ1) is 9.59. The standard InChI is InChI=1S/C18H22OSi/c1-5-18(15-10-9-11-16(14-15)19-2)20(3,4)17-12-7-6-8-13-17/h5-14,18H,1H2,2-4H3/t18-/m1/s1. The zero-order valence-electron chi connectivity index (χ0n) is 12.5. The van der Waals surface area contributed by atoms with Crippen molar-refractivity contribution in [2.24, 2.45) is 0 Å². The van der Waals surface area contributed by atoms with Gasteiger partial charge in [0, 0.05) is 5.54 Å². The smallest absolute Gasteiger partial charge is 0.119 e. The molecule has 104 valence electrons. The van der Waals surface area contributed by atoms with Crippen LogP contribution in [0, 0.1) is 0 Å². The van der Waals surface area contributed by atoms with Gasteiger partial charge in [-0.1, -0.05) is 66.8 Å². The van der Waals surface area contributed by atoms with Crippen molar-refractivity contribution in [3.8, 4) is 5.75 Å². The SMILES string of the molecule is C=C[C@H](c1cccc(OC)c1)[Si](C)(C)c1ccccc1. The van der Waals surface area contributed by atoms with Crippen LogP contribution in [0.15, 0.2) is 67.3 Å². The molecular weight excluding hydrogens is 260 g/mol. The van der Waals surface area contributed by atoms with Crippen LogP contribution >= 0.6 is 0 Å². The van der Waals surface area contributed by atoms with Crippen LogP contribution in [0.4, 0.5) is 0 Å². The fourth-order valence-corrected chi connectivity index (χ4v) is 5.74. The molecule has 0 amide bonds. The van der Waals surface area contributed by atoms with Crippen molar-refractivity contribution in [2.45, 2.75) is 18.6 Å². The van der Waals surface area contributed by atoms with E-state index >= 15 is 0 Å². The third kappa shape index (κ3) is 2.85. The van der Waals surface area contributed by atoms with E-state index in [2.05, 4.69) is 74.3 Å². The van der Waals surface area contributed by atoms with Gasteiger partial charge in [0.25, 0.3) is 0 Å². The molecule has 2 rings (SSSR count). The van der Waals surface area contributed by atoms with Crippen LogP contribution in [0.2, 0.25) is 13.1 Å². The van der Waals surface area contributed by atoms with Gasteiger partial charge in [-0.3, -0.25) is 0 Å². The molecule has 0 spiro atoms. The summed E-state index contributed by atoms with van der Waals surface area (Å²) in [7, 11) is 0.0511. The molecule has 0 radical (unpaired) electrons. The largest absolute Gasteiger partial charge is 0.497 e.